The lowest BCUT2D eigenvalue weighted by atomic mass is 9.86. The third-order valence-electron chi connectivity index (χ3n) is 10.6. The predicted octanol–water partition coefficient (Wildman–Crippen LogP) is 11.7. The van der Waals surface area contributed by atoms with Gasteiger partial charge >= 0.3 is 0 Å². The SMILES string of the molecule is CC(C)(C)c1ccnc(-n2c3ccc(C(C)(C)C)cc3c3ccc(Oc4cc(C5=N[C@@H]6c7ccccc7C[C@@H]6O5)cc(-c5ccccc5)c4)cc32)c1. The molecule has 7 aromatic rings. The first-order chi connectivity index (χ1) is 25.0. The van der Waals surface area contributed by atoms with Crippen molar-refractivity contribution in [1.29, 1.82) is 0 Å². The van der Waals surface area contributed by atoms with E-state index in [1.54, 1.807) is 0 Å². The summed E-state index contributed by atoms with van der Waals surface area (Å²) < 4.78 is 15.6. The fraction of sp³-hybridized carbons (Fsp3) is 0.234. The van der Waals surface area contributed by atoms with Crippen LogP contribution in [0.2, 0.25) is 0 Å². The summed E-state index contributed by atoms with van der Waals surface area (Å²) in [6.07, 6.45) is 2.81. The van der Waals surface area contributed by atoms with E-state index in [4.69, 9.17) is 19.5 Å². The minimum absolute atomic E-state index is 0.0129. The van der Waals surface area contributed by atoms with Gasteiger partial charge in [-0.3, -0.25) is 4.57 Å². The Morgan fingerprint density at radius 2 is 1.38 bits per heavy atom. The monoisotopic (exact) mass is 681 g/mol. The summed E-state index contributed by atoms with van der Waals surface area (Å²) in [4.78, 5) is 10.0. The van der Waals surface area contributed by atoms with Crippen LogP contribution in [-0.4, -0.2) is 21.6 Å². The highest BCUT2D eigenvalue weighted by molar-refractivity contribution is 6.10. The number of fused-ring (bicyclic) bond motifs is 6. The van der Waals surface area contributed by atoms with Gasteiger partial charge in [0.25, 0.3) is 0 Å². The molecule has 5 aromatic carbocycles. The number of hydrogen-bond donors (Lipinski definition) is 0. The van der Waals surface area contributed by atoms with E-state index in [1.807, 2.05) is 12.3 Å². The van der Waals surface area contributed by atoms with E-state index < -0.39 is 0 Å². The number of aromatic nitrogens is 2. The van der Waals surface area contributed by atoms with E-state index in [0.717, 1.165) is 56.8 Å². The number of benzene rings is 5. The van der Waals surface area contributed by atoms with Crippen molar-refractivity contribution in [2.75, 3.05) is 0 Å². The summed E-state index contributed by atoms with van der Waals surface area (Å²) in [5.74, 6) is 3.04. The Bertz CT molecular complexity index is 2530. The first kappa shape index (κ1) is 32.2. The molecule has 2 atom stereocenters. The highest BCUT2D eigenvalue weighted by Crippen LogP contribution is 2.42. The zero-order valence-corrected chi connectivity index (χ0v) is 30.6. The number of nitrogens with zero attached hydrogens (tertiary/aromatic N) is 3. The zero-order chi connectivity index (χ0) is 35.8. The van der Waals surface area contributed by atoms with Crippen molar-refractivity contribution in [3.05, 3.63) is 155 Å². The summed E-state index contributed by atoms with van der Waals surface area (Å²) in [6, 6.07) is 42.9. The topological polar surface area (TPSA) is 48.6 Å². The molecule has 52 heavy (non-hydrogen) atoms. The molecule has 0 N–H and O–H groups in total. The second-order valence-electron chi connectivity index (χ2n) is 16.3. The molecule has 0 saturated carbocycles. The van der Waals surface area contributed by atoms with Crippen LogP contribution in [0.1, 0.15) is 75.4 Å². The molecule has 2 aromatic heterocycles. The molecule has 0 radical (unpaired) electrons. The molecule has 2 aliphatic rings. The van der Waals surface area contributed by atoms with E-state index in [-0.39, 0.29) is 23.0 Å². The van der Waals surface area contributed by atoms with Crippen LogP contribution in [0.4, 0.5) is 0 Å². The first-order valence-electron chi connectivity index (χ1n) is 18.3. The Labute approximate surface area is 305 Å². The van der Waals surface area contributed by atoms with E-state index >= 15 is 0 Å². The Hall–Kier alpha value is -5.68. The van der Waals surface area contributed by atoms with Gasteiger partial charge in [-0.2, -0.15) is 0 Å². The average Bonchev–Trinajstić information content (AvgIpc) is 3.80. The van der Waals surface area contributed by atoms with Crippen LogP contribution in [0.5, 0.6) is 11.5 Å². The van der Waals surface area contributed by atoms with Gasteiger partial charge < -0.3 is 9.47 Å². The maximum Gasteiger partial charge on any atom is 0.217 e. The molecule has 258 valence electrons. The van der Waals surface area contributed by atoms with Crippen molar-refractivity contribution in [1.82, 2.24) is 9.55 Å². The Balaban J connectivity index is 1.17. The van der Waals surface area contributed by atoms with Crippen molar-refractivity contribution in [2.24, 2.45) is 4.99 Å². The highest BCUT2D eigenvalue weighted by atomic mass is 16.5. The number of aliphatic imine (C=N–C) groups is 1. The summed E-state index contributed by atoms with van der Waals surface area (Å²) in [5, 5.41) is 2.37. The molecular weight excluding hydrogens is 639 g/mol. The second-order valence-corrected chi connectivity index (χ2v) is 16.3. The molecule has 0 fully saturated rings. The Morgan fingerprint density at radius 3 is 2.19 bits per heavy atom. The lowest BCUT2D eigenvalue weighted by Gasteiger charge is -2.20. The fourth-order valence-corrected chi connectivity index (χ4v) is 7.74. The van der Waals surface area contributed by atoms with Gasteiger partial charge in [-0.05, 0) is 98.8 Å². The molecule has 3 heterocycles. The largest absolute Gasteiger partial charge is 0.471 e. The maximum absolute atomic E-state index is 6.80. The molecule has 9 rings (SSSR count). The summed E-state index contributed by atoms with van der Waals surface area (Å²) in [5.41, 5.74) is 10.4. The normalized spacial score (nSPS) is 16.8. The lowest BCUT2D eigenvalue weighted by molar-refractivity contribution is 0.206. The van der Waals surface area contributed by atoms with E-state index in [9.17, 15) is 0 Å². The van der Waals surface area contributed by atoms with Crippen molar-refractivity contribution < 1.29 is 9.47 Å². The van der Waals surface area contributed by atoms with Gasteiger partial charge in [-0.25, -0.2) is 9.98 Å². The minimum atomic E-state index is -0.0129. The van der Waals surface area contributed by atoms with Crippen LogP contribution < -0.4 is 4.74 Å². The van der Waals surface area contributed by atoms with Crippen LogP contribution in [0, 0.1) is 0 Å². The third-order valence-corrected chi connectivity index (χ3v) is 10.6. The van der Waals surface area contributed by atoms with Gasteiger partial charge in [0.15, 0.2) is 0 Å². The van der Waals surface area contributed by atoms with Gasteiger partial charge in [-0.15, -0.1) is 0 Å². The maximum atomic E-state index is 6.80. The van der Waals surface area contributed by atoms with Gasteiger partial charge in [0, 0.05) is 35.0 Å². The summed E-state index contributed by atoms with van der Waals surface area (Å²) in [6.45, 7) is 13.5. The molecule has 5 heteroatoms. The first-order valence-corrected chi connectivity index (χ1v) is 18.3. The summed E-state index contributed by atoms with van der Waals surface area (Å²) in [7, 11) is 0. The number of ether oxygens (including phenoxy) is 2. The van der Waals surface area contributed by atoms with Crippen molar-refractivity contribution in [3.63, 3.8) is 0 Å². The van der Waals surface area contributed by atoms with Crippen LogP contribution in [0.15, 0.2) is 133 Å². The molecule has 0 saturated heterocycles. The van der Waals surface area contributed by atoms with Gasteiger partial charge in [0.1, 0.15) is 29.5 Å². The second kappa shape index (κ2) is 11.9. The smallest absolute Gasteiger partial charge is 0.217 e. The van der Waals surface area contributed by atoms with E-state index in [0.29, 0.717) is 5.90 Å². The molecule has 5 nitrogen and oxygen atoms in total. The zero-order valence-electron chi connectivity index (χ0n) is 30.6. The lowest BCUT2D eigenvalue weighted by Crippen LogP contribution is -2.13. The van der Waals surface area contributed by atoms with Gasteiger partial charge in [0.05, 0.1) is 11.0 Å². The Morgan fingerprint density at radius 1 is 0.635 bits per heavy atom. The molecule has 1 aliphatic heterocycles. The molecule has 0 amide bonds. The van der Waals surface area contributed by atoms with Crippen LogP contribution >= 0.6 is 0 Å². The van der Waals surface area contributed by atoms with Crippen molar-refractivity contribution in [3.8, 4) is 28.4 Å². The van der Waals surface area contributed by atoms with Crippen LogP contribution in [0.3, 0.4) is 0 Å². The average molecular weight is 682 g/mol. The number of rotatable bonds is 5. The number of hydrogen-bond acceptors (Lipinski definition) is 4. The summed E-state index contributed by atoms with van der Waals surface area (Å²) >= 11 is 0. The highest BCUT2D eigenvalue weighted by Gasteiger charge is 2.39. The fourth-order valence-electron chi connectivity index (χ4n) is 7.74. The van der Waals surface area contributed by atoms with Gasteiger partial charge in [-0.1, -0.05) is 102 Å². The third kappa shape index (κ3) is 5.65. The van der Waals surface area contributed by atoms with Crippen molar-refractivity contribution >= 4 is 27.7 Å². The Kier molecular flexibility index (Phi) is 7.41. The molecule has 0 unspecified atom stereocenters. The van der Waals surface area contributed by atoms with Gasteiger partial charge in [0.2, 0.25) is 5.90 Å². The van der Waals surface area contributed by atoms with Crippen LogP contribution in [-0.2, 0) is 22.0 Å². The molecular formula is C47H43N3O2. The minimum Gasteiger partial charge on any atom is -0.471 e. The van der Waals surface area contributed by atoms with E-state index in [2.05, 4.69) is 161 Å². The van der Waals surface area contributed by atoms with Crippen molar-refractivity contribution in [2.45, 2.75) is 70.9 Å². The standard InChI is InChI=1S/C47H43N3O2/c1-46(2,3)33-16-19-40-39(26-33)38-18-17-35(28-41(38)50(40)43-27-34(20-21-48-43)47(4,5)6)51-36-23-31(29-12-8-7-9-13-29)22-32(24-36)45-49-44-37-15-11-10-14-30(37)25-42(44)52-45/h7-24,26-28,42,44H,25H2,1-6H3/t42-,44+/m0/s1. The van der Waals surface area contributed by atoms with E-state index in [1.165, 1.54) is 27.6 Å². The quantitative estimate of drug-likeness (QED) is 0.182. The molecule has 0 bridgehead atoms. The molecule has 1 aliphatic carbocycles. The predicted molar refractivity (Wildman–Crippen MR) is 212 cm³/mol. The van der Waals surface area contributed by atoms with Crippen LogP contribution in [0.25, 0.3) is 38.8 Å². The number of pyridine rings is 1. The molecule has 0 spiro atoms.